The third-order valence-corrected chi connectivity index (χ3v) is 3.13. The van der Waals surface area contributed by atoms with Gasteiger partial charge in [0.15, 0.2) is 0 Å². The van der Waals surface area contributed by atoms with E-state index >= 15 is 0 Å². The maximum atomic E-state index is 12.4. The summed E-state index contributed by atoms with van der Waals surface area (Å²) in [4.78, 5) is 2.18. The Hall–Kier alpha value is -0.150. The lowest BCUT2D eigenvalue weighted by molar-refractivity contribution is 0.184. The molecule has 0 amide bonds. The fourth-order valence-electron chi connectivity index (χ4n) is 2.40. The van der Waals surface area contributed by atoms with Gasteiger partial charge in [-0.1, -0.05) is 0 Å². The molecule has 0 aliphatic carbocycles. The molecular weight excluding hydrogens is 179 g/mol. The average Bonchev–Trinajstić information content (AvgIpc) is 2.18. The predicted octanol–water partition coefficient (Wildman–Crippen LogP) is 1.52. The highest BCUT2D eigenvalue weighted by Gasteiger charge is 2.23. The average molecular weight is 202 g/mol. The van der Waals surface area contributed by atoms with Gasteiger partial charge in [0, 0.05) is 6.54 Å². The molecule has 0 saturated carbocycles. The van der Waals surface area contributed by atoms with Crippen LogP contribution in [0.2, 0.25) is 0 Å². The van der Waals surface area contributed by atoms with Crippen molar-refractivity contribution >= 4 is 0 Å². The Kier molecular flexibility index (Phi) is 5.41. The minimum atomic E-state index is -0.164. The highest BCUT2D eigenvalue weighted by molar-refractivity contribution is 4.77. The van der Waals surface area contributed by atoms with Crippen molar-refractivity contribution in [1.29, 1.82) is 0 Å². The molecule has 0 radical (unpaired) electrons. The van der Waals surface area contributed by atoms with Crippen molar-refractivity contribution in [1.82, 2.24) is 10.2 Å². The lowest BCUT2D eigenvalue weighted by atomic mass is 9.83. The third-order valence-electron chi connectivity index (χ3n) is 3.13. The predicted molar refractivity (Wildman–Crippen MR) is 58.2 cm³/mol. The number of rotatable bonds is 5. The van der Waals surface area contributed by atoms with Gasteiger partial charge < -0.3 is 10.2 Å². The summed E-state index contributed by atoms with van der Waals surface area (Å²) in [5, 5.41) is 3.36. The molecule has 1 aliphatic rings. The largest absolute Gasteiger partial charge is 0.317 e. The summed E-state index contributed by atoms with van der Waals surface area (Å²) >= 11 is 0. The molecule has 84 valence electrons. The normalized spacial score (nSPS) is 21.4. The molecular formula is C11H23FN2. The van der Waals surface area contributed by atoms with Crippen LogP contribution in [0, 0.1) is 11.8 Å². The Morgan fingerprint density at radius 1 is 1.36 bits per heavy atom. The first-order valence-corrected chi connectivity index (χ1v) is 5.65. The number of hydrogen-bond acceptors (Lipinski definition) is 2. The highest BCUT2D eigenvalue weighted by atomic mass is 19.1. The van der Waals surface area contributed by atoms with Gasteiger partial charge in [-0.05, 0) is 58.3 Å². The number of halogens is 1. The molecule has 14 heavy (non-hydrogen) atoms. The van der Waals surface area contributed by atoms with Crippen LogP contribution < -0.4 is 5.32 Å². The first-order chi connectivity index (χ1) is 6.74. The van der Waals surface area contributed by atoms with Crippen LogP contribution in [0.3, 0.4) is 0 Å². The van der Waals surface area contributed by atoms with Crippen LogP contribution in [0.4, 0.5) is 4.39 Å². The first-order valence-electron chi connectivity index (χ1n) is 5.65. The van der Waals surface area contributed by atoms with Gasteiger partial charge in [-0.25, -0.2) is 0 Å². The minimum absolute atomic E-state index is 0.164. The molecule has 0 aromatic rings. The van der Waals surface area contributed by atoms with Gasteiger partial charge in [0.2, 0.25) is 0 Å². The number of nitrogens with one attached hydrogen (secondary N) is 1. The number of hydrogen-bond donors (Lipinski definition) is 1. The Morgan fingerprint density at radius 3 is 2.50 bits per heavy atom. The van der Waals surface area contributed by atoms with Gasteiger partial charge in [0.1, 0.15) is 0 Å². The van der Waals surface area contributed by atoms with E-state index in [1.165, 1.54) is 12.8 Å². The van der Waals surface area contributed by atoms with Gasteiger partial charge in [-0.3, -0.25) is 4.39 Å². The summed E-state index contributed by atoms with van der Waals surface area (Å²) in [6.07, 6.45) is 3.18. The van der Waals surface area contributed by atoms with E-state index < -0.39 is 0 Å². The SMILES string of the molecule is CN(C)CC(CCF)C1CCNCC1. The zero-order valence-corrected chi connectivity index (χ0v) is 9.43. The smallest absolute Gasteiger partial charge is 0.0897 e. The molecule has 3 heteroatoms. The summed E-state index contributed by atoms with van der Waals surface area (Å²) < 4.78 is 12.4. The first kappa shape index (κ1) is 11.9. The lowest BCUT2D eigenvalue weighted by Crippen LogP contribution is -2.35. The van der Waals surface area contributed by atoms with Crippen molar-refractivity contribution in [2.75, 3.05) is 40.4 Å². The fourth-order valence-corrected chi connectivity index (χ4v) is 2.40. The summed E-state index contributed by atoms with van der Waals surface area (Å²) in [5.41, 5.74) is 0. The number of nitrogens with zero attached hydrogens (tertiary/aromatic N) is 1. The molecule has 1 heterocycles. The summed E-state index contributed by atoms with van der Waals surface area (Å²) in [7, 11) is 4.15. The number of piperidine rings is 1. The molecule has 0 spiro atoms. The van der Waals surface area contributed by atoms with Crippen molar-refractivity contribution in [3.8, 4) is 0 Å². The Labute approximate surface area is 86.9 Å². The van der Waals surface area contributed by atoms with Crippen LogP contribution in [0.5, 0.6) is 0 Å². The summed E-state index contributed by atoms with van der Waals surface area (Å²) in [6, 6.07) is 0. The molecule has 1 unspecified atom stereocenters. The van der Waals surface area contributed by atoms with Crippen LogP contribution in [-0.2, 0) is 0 Å². The van der Waals surface area contributed by atoms with E-state index in [0.717, 1.165) is 32.0 Å². The molecule has 2 nitrogen and oxygen atoms in total. The standard InChI is InChI=1S/C11H23FN2/c1-14(2)9-11(3-6-12)10-4-7-13-8-5-10/h10-11,13H,3-9H2,1-2H3. The van der Waals surface area contributed by atoms with E-state index in [1.807, 2.05) is 0 Å². The molecule has 1 saturated heterocycles. The monoisotopic (exact) mass is 202 g/mol. The fraction of sp³-hybridized carbons (Fsp3) is 1.00. The summed E-state index contributed by atoms with van der Waals surface area (Å²) in [6.45, 7) is 3.10. The van der Waals surface area contributed by atoms with Gasteiger partial charge in [-0.15, -0.1) is 0 Å². The zero-order valence-electron chi connectivity index (χ0n) is 9.43. The van der Waals surface area contributed by atoms with E-state index in [1.54, 1.807) is 0 Å². The molecule has 1 atom stereocenters. The van der Waals surface area contributed by atoms with Gasteiger partial charge >= 0.3 is 0 Å². The van der Waals surface area contributed by atoms with Gasteiger partial charge in [-0.2, -0.15) is 0 Å². The van der Waals surface area contributed by atoms with Crippen LogP contribution >= 0.6 is 0 Å². The zero-order chi connectivity index (χ0) is 10.4. The Morgan fingerprint density at radius 2 is 2.00 bits per heavy atom. The van der Waals surface area contributed by atoms with Crippen molar-refractivity contribution in [3.05, 3.63) is 0 Å². The van der Waals surface area contributed by atoms with E-state index in [9.17, 15) is 4.39 Å². The topological polar surface area (TPSA) is 15.3 Å². The Balaban J connectivity index is 2.38. The maximum absolute atomic E-state index is 12.4. The van der Waals surface area contributed by atoms with Crippen molar-refractivity contribution in [2.45, 2.75) is 19.3 Å². The van der Waals surface area contributed by atoms with Crippen LogP contribution in [0.1, 0.15) is 19.3 Å². The lowest BCUT2D eigenvalue weighted by Gasteiger charge is -2.32. The van der Waals surface area contributed by atoms with Gasteiger partial charge in [0.05, 0.1) is 6.67 Å². The second-order valence-electron chi connectivity index (χ2n) is 4.59. The molecule has 1 rings (SSSR count). The van der Waals surface area contributed by atoms with Gasteiger partial charge in [0.25, 0.3) is 0 Å². The van der Waals surface area contributed by atoms with E-state index in [-0.39, 0.29) is 6.67 Å². The molecule has 1 N–H and O–H groups in total. The van der Waals surface area contributed by atoms with E-state index in [0.29, 0.717) is 5.92 Å². The van der Waals surface area contributed by atoms with Crippen molar-refractivity contribution < 1.29 is 4.39 Å². The molecule has 0 bridgehead atoms. The molecule has 1 aliphatic heterocycles. The maximum Gasteiger partial charge on any atom is 0.0897 e. The van der Waals surface area contributed by atoms with Crippen molar-refractivity contribution in [3.63, 3.8) is 0 Å². The van der Waals surface area contributed by atoms with E-state index in [4.69, 9.17) is 0 Å². The van der Waals surface area contributed by atoms with Crippen LogP contribution in [-0.4, -0.2) is 45.3 Å². The molecule has 0 aromatic carbocycles. The molecule has 0 aromatic heterocycles. The minimum Gasteiger partial charge on any atom is -0.317 e. The van der Waals surface area contributed by atoms with E-state index in [2.05, 4.69) is 24.3 Å². The van der Waals surface area contributed by atoms with Crippen LogP contribution in [0.25, 0.3) is 0 Å². The third kappa shape index (κ3) is 3.93. The second kappa shape index (κ2) is 6.36. The number of alkyl halides is 1. The van der Waals surface area contributed by atoms with Crippen LogP contribution in [0.15, 0.2) is 0 Å². The molecule has 1 fully saturated rings. The summed E-state index contributed by atoms with van der Waals surface area (Å²) in [5.74, 6) is 1.28. The quantitative estimate of drug-likeness (QED) is 0.727. The van der Waals surface area contributed by atoms with Crippen molar-refractivity contribution in [2.24, 2.45) is 11.8 Å². The highest BCUT2D eigenvalue weighted by Crippen LogP contribution is 2.25. The second-order valence-corrected chi connectivity index (χ2v) is 4.59. The Bertz CT molecular complexity index is 144.